The van der Waals surface area contributed by atoms with Crippen LogP contribution in [0.25, 0.3) is 0 Å². The maximum Gasteiger partial charge on any atom is 0.331 e. The average molecular weight is 2090 g/mol. The topological polar surface area (TPSA) is 166 Å². The van der Waals surface area contributed by atoms with E-state index in [9.17, 15) is 0 Å². The van der Waals surface area contributed by atoms with Crippen LogP contribution in [0.5, 0.6) is 0 Å². The lowest BCUT2D eigenvalue weighted by molar-refractivity contribution is 0.346. The number of nitrogens with one attached hydrogen (secondary N) is 1. The lowest BCUT2D eigenvalue weighted by Crippen LogP contribution is -2.18. The molecule has 0 unspecified atom stereocenters. The molecule has 0 saturated heterocycles. The van der Waals surface area contributed by atoms with Gasteiger partial charge in [-0.15, -0.1) is 0 Å². The third-order valence-electron chi connectivity index (χ3n) is 13.8. The molecule has 13 aromatic rings. The Morgan fingerprint density at radius 2 is 0.330 bits per heavy atom. The molecule has 554 valence electrons. The summed E-state index contributed by atoms with van der Waals surface area (Å²) in [4.78, 5) is 0. The lowest BCUT2D eigenvalue weighted by Gasteiger charge is -2.24. The molecular weight excluding hydrogens is 2020 g/mol. The molecule has 0 fully saturated rings. The zero-order valence-corrected chi connectivity index (χ0v) is 75.4. The van der Waals surface area contributed by atoms with Crippen molar-refractivity contribution in [1.82, 2.24) is 0 Å². The van der Waals surface area contributed by atoms with Gasteiger partial charge in [0.05, 0.1) is 45.5 Å². The van der Waals surface area contributed by atoms with Crippen molar-refractivity contribution in [3.63, 3.8) is 0 Å². The van der Waals surface area contributed by atoms with Crippen molar-refractivity contribution in [2.45, 2.75) is 27.3 Å². The smallest absolute Gasteiger partial charge is 0.331 e. The fraction of sp³-hybridized carbons (Fsp3) is 0.0488. The summed E-state index contributed by atoms with van der Waals surface area (Å²) >= 11 is 33.9. The first-order valence-corrected chi connectivity index (χ1v) is 41.1. The van der Waals surface area contributed by atoms with E-state index in [1.54, 1.807) is 74.4 Å². The van der Waals surface area contributed by atoms with Crippen molar-refractivity contribution < 1.29 is 19.0 Å². The highest BCUT2D eigenvalue weighted by Crippen LogP contribution is 2.33. The van der Waals surface area contributed by atoms with E-state index in [0.29, 0.717) is 0 Å². The molecule has 0 bridgehead atoms. The first kappa shape index (κ1) is 90.8. The highest BCUT2D eigenvalue weighted by Gasteiger charge is 2.14. The predicted molar refractivity (Wildman–Crippen MR) is 501 cm³/mol. The number of anilines is 14. The number of nitrogen functional groups attached to an aromatic ring is 4. The van der Waals surface area contributed by atoms with Crippen LogP contribution < -0.4 is 48.5 Å². The van der Waals surface area contributed by atoms with Crippen molar-refractivity contribution in [3.05, 3.63) is 372 Å². The molecule has 13 aromatic carbocycles. The molecular formula is C82H75B4Br10N9O4. The van der Waals surface area contributed by atoms with Crippen molar-refractivity contribution >= 4 is 269 Å². The molecule has 13 rings (SSSR count). The van der Waals surface area contributed by atoms with E-state index < -0.39 is 0 Å². The number of hydrogen-bond acceptors (Lipinski definition) is 13. The van der Waals surface area contributed by atoms with Crippen LogP contribution in [0.1, 0.15) is 0 Å². The molecule has 0 aliphatic carbocycles. The van der Waals surface area contributed by atoms with Gasteiger partial charge in [0.1, 0.15) is 0 Å². The highest BCUT2D eigenvalue weighted by atomic mass is 79.9. The normalized spacial score (nSPS) is 9.85. The van der Waals surface area contributed by atoms with Gasteiger partial charge in [-0.3, -0.25) is 0 Å². The Morgan fingerprint density at radius 1 is 0.202 bits per heavy atom. The standard InChI is InChI=1S/3C13H11BBr2NO.C13H15BN3O.C12H11N.2C6H4Br2.C6H8N2/c4*1-14-18-17(12-6-2-10(15)3-7-12)13-8-4-11(16)5-9-13;1-3-7-11(8-4-1)13-12-9-5-2-6-10-12;3*7-5-1-2-6(8)4-3-5/h3*2-9H,1H3;2-9H,15-16H2,1H3;1-10,13H;2*1-4H;1-4H,7-8H2. The maximum atomic E-state index is 5.68. The Morgan fingerprint density at radius 3 is 0.477 bits per heavy atom. The summed E-state index contributed by atoms with van der Waals surface area (Å²) in [6, 6.07) is 106. The molecule has 0 atom stereocenters. The van der Waals surface area contributed by atoms with E-state index in [1.807, 2.05) is 331 Å². The fourth-order valence-corrected chi connectivity index (χ4v) is 11.4. The monoisotopic (exact) mass is 2080 g/mol. The van der Waals surface area contributed by atoms with Gasteiger partial charge in [0.25, 0.3) is 0 Å². The summed E-state index contributed by atoms with van der Waals surface area (Å²) in [7, 11) is 6.59. The van der Waals surface area contributed by atoms with Gasteiger partial charge in [0, 0.05) is 78.9 Å². The summed E-state index contributed by atoms with van der Waals surface area (Å²) in [6.45, 7) is 7.38. The Hall–Kier alpha value is -7.04. The second-order valence-electron chi connectivity index (χ2n) is 22.0. The number of halogens is 10. The number of benzene rings is 13. The Labute approximate surface area is 728 Å². The maximum absolute atomic E-state index is 5.68. The molecule has 0 aromatic heterocycles. The molecule has 13 nitrogen and oxygen atoms in total. The van der Waals surface area contributed by atoms with Gasteiger partial charge in [-0.05, 0) is 291 Å². The number of para-hydroxylation sites is 2. The number of rotatable bonds is 18. The van der Waals surface area contributed by atoms with Crippen molar-refractivity contribution in [3.8, 4) is 0 Å². The van der Waals surface area contributed by atoms with Crippen molar-refractivity contribution in [1.29, 1.82) is 0 Å². The first-order chi connectivity index (χ1) is 52.6. The van der Waals surface area contributed by atoms with Gasteiger partial charge >= 0.3 is 29.9 Å². The van der Waals surface area contributed by atoms with Gasteiger partial charge in [0.2, 0.25) is 0 Å². The van der Waals surface area contributed by atoms with Gasteiger partial charge in [-0.1, -0.05) is 223 Å². The third kappa shape index (κ3) is 35.5. The van der Waals surface area contributed by atoms with E-state index in [2.05, 4.69) is 165 Å². The SMILES string of the molecule is Brc1ccc(Br)cc1.Brc1ccc(Br)cc1.C[B]ON(c1ccc(Br)cc1)c1ccc(Br)cc1.C[B]ON(c1ccc(Br)cc1)c1ccc(Br)cc1.C[B]ON(c1ccc(Br)cc1)c1ccc(Br)cc1.C[B]ON(c1ccc(N)cc1)c1ccc(N)cc1.Nc1ccc(N)cc1.c1ccc(Nc2ccccc2)cc1. The molecule has 27 heteroatoms. The molecule has 0 saturated carbocycles. The lowest BCUT2D eigenvalue weighted by atomic mass is 10.1. The van der Waals surface area contributed by atoms with E-state index in [-0.39, 0.29) is 0 Å². The van der Waals surface area contributed by atoms with E-state index in [1.165, 1.54) is 0 Å². The van der Waals surface area contributed by atoms with Crippen molar-refractivity contribution in [2.75, 3.05) is 48.5 Å². The molecule has 0 heterocycles. The summed E-state index contributed by atoms with van der Waals surface area (Å²) in [5.41, 5.74) is 34.9. The number of nitrogens with zero attached hydrogens (tertiary/aromatic N) is 4. The van der Waals surface area contributed by atoms with Crippen LogP contribution in [0.3, 0.4) is 0 Å². The second kappa shape index (κ2) is 51.5. The van der Waals surface area contributed by atoms with Gasteiger partial charge in [-0.25, -0.2) is 20.3 Å². The fourth-order valence-electron chi connectivity index (χ4n) is 8.75. The summed E-state index contributed by atoms with van der Waals surface area (Å²) in [6.07, 6.45) is 0. The first-order valence-electron chi connectivity index (χ1n) is 33.2. The molecule has 0 amide bonds. The van der Waals surface area contributed by atoms with Crippen molar-refractivity contribution in [2.24, 2.45) is 0 Å². The average Bonchev–Trinajstić information content (AvgIpc) is 0.823. The highest BCUT2D eigenvalue weighted by molar-refractivity contribution is 9.12. The minimum Gasteiger partial charge on any atom is -0.399 e. The van der Waals surface area contributed by atoms with Gasteiger partial charge < -0.3 is 47.3 Å². The van der Waals surface area contributed by atoms with Crippen LogP contribution in [0.4, 0.5) is 79.6 Å². The minimum atomic E-state index is 0.719. The van der Waals surface area contributed by atoms with Gasteiger partial charge in [0.15, 0.2) is 0 Å². The number of hydrogen-bond donors (Lipinski definition) is 5. The van der Waals surface area contributed by atoms with Gasteiger partial charge in [-0.2, -0.15) is 0 Å². The van der Waals surface area contributed by atoms with Crippen LogP contribution >= 0.6 is 159 Å². The summed E-state index contributed by atoms with van der Waals surface area (Å²) in [5.74, 6) is 0. The van der Waals surface area contributed by atoms with E-state index in [0.717, 1.165) is 124 Å². The third-order valence-corrected chi connectivity index (χ3v) is 19.1. The zero-order chi connectivity index (χ0) is 78.7. The van der Waals surface area contributed by atoms with Crippen LogP contribution in [0.2, 0.25) is 27.3 Å². The molecule has 0 aliphatic rings. The molecule has 109 heavy (non-hydrogen) atoms. The zero-order valence-electron chi connectivity index (χ0n) is 59.5. The molecule has 4 radical (unpaired) electrons. The summed E-state index contributed by atoms with van der Waals surface area (Å²) in [5, 5.41) is 10.3. The predicted octanol–water partition coefficient (Wildman–Crippen LogP) is 28.1. The second-order valence-corrected chi connectivity index (χ2v) is 31.1. The molecule has 9 N–H and O–H groups in total. The van der Waals surface area contributed by atoms with Crippen LogP contribution in [0, 0.1) is 0 Å². The minimum absolute atomic E-state index is 0.719. The molecule has 0 aliphatic heterocycles. The Bertz CT molecular complexity index is 3830. The number of nitrogens with two attached hydrogens (primary N) is 4. The summed E-state index contributed by atoms with van der Waals surface area (Å²) < 4.78 is 32.9. The quantitative estimate of drug-likeness (QED) is 0.0313. The Balaban J connectivity index is 0.000000198. The van der Waals surface area contributed by atoms with Crippen LogP contribution in [-0.2, 0) is 19.0 Å². The van der Waals surface area contributed by atoms with Crippen LogP contribution in [-0.4, -0.2) is 29.9 Å². The molecule has 0 spiro atoms. The van der Waals surface area contributed by atoms with E-state index >= 15 is 0 Å². The van der Waals surface area contributed by atoms with E-state index in [4.69, 9.17) is 42.0 Å². The van der Waals surface area contributed by atoms with Crippen LogP contribution in [0.15, 0.2) is 372 Å². The Kier molecular flexibility index (Phi) is 42.9. The largest absolute Gasteiger partial charge is 0.399 e.